The van der Waals surface area contributed by atoms with Gasteiger partial charge in [0.1, 0.15) is 29.5 Å². The second-order valence-electron chi connectivity index (χ2n) is 12.5. The van der Waals surface area contributed by atoms with Crippen LogP contribution < -0.4 is 10.1 Å². The molecule has 43 heavy (non-hydrogen) atoms. The zero-order valence-electron chi connectivity index (χ0n) is 24.6. The molecule has 0 radical (unpaired) electrons. The van der Waals surface area contributed by atoms with Gasteiger partial charge in [0.05, 0.1) is 42.1 Å². The molecule has 0 bridgehead atoms. The zero-order valence-corrected chi connectivity index (χ0v) is 24.6. The third-order valence-electron chi connectivity index (χ3n) is 8.38. The highest BCUT2D eigenvalue weighted by molar-refractivity contribution is 6.31. The molecule has 1 saturated heterocycles. The maximum atomic E-state index is 13.8. The number of hydrogen-bond donors (Lipinski definition) is 6. The molecule has 0 unspecified atom stereocenters. The number of ketones is 3. The summed E-state index contributed by atoms with van der Waals surface area (Å²) in [6, 6.07) is 3.93. The van der Waals surface area contributed by atoms with Crippen LogP contribution in [0.2, 0.25) is 0 Å². The molecule has 2 aromatic rings. The van der Waals surface area contributed by atoms with Crippen molar-refractivity contribution in [2.45, 2.75) is 88.7 Å². The SMILES string of the molecule is COc1cccc2c1C(=O)c1c(O)c3c(c(O)c1C2=O)C[C@@](O)(C(=O)CO)C[C@@H]3O[C@H]1C[C@H](NC(C)(C)C)[C@H](O)[C@H](C)O1. The number of benzene rings is 2. The van der Waals surface area contributed by atoms with Crippen LogP contribution in [0.15, 0.2) is 18.2 Å². The van der Waals surface area contributed by atoms with E-state index in [1.54, 1.807) is 6.92 Å². The molecule has 2 aliphatic carbocycles. The molecule has 0 aromatic heterocycles. The summed E-state index contributed by atoms with van der Waals surface area (Å²) in [6.07, 6.45) is -4.79. The number of aliphatic hydroxyl groups excluding tert-OH is 2. The maximum Gasteiger partial charge on any atom is 0.202 e. The Labute approximate surface area is 248 Å². The number of carbonyl (C=O) groups is 3. The maximum absolute atomic E-state index is 13.8. The smallest absolute Gasteiger partial charge is 0.202 e. The van der Waals surface area contributed by atoms with Gasteiger partial charge in [0.15, 0.2) is 17.9 Å². The summed E-state index contributed by atoms with van der Waals surface area (Å²) in [4.78, 5) is 40.2. The van der Waals surface area contributed by atoms with Crippen LogP contribution in [0.25, 0.3) is 0 Å². The van der Waals surface area contributed by atoms with Gasteiger partial charge in [0.2, 0.25) is 5.78 Å². The fraction of sp³-hybridized carbons (Fsp3) is 0.516. The lowest BCUT2D eigenvalue weighted by Crippen LogP contribution is -2.58. The van der Waals surface area contributed by atoms with Crippen LogP contribution in [-0.2, 0) is 20.7 Å². The van der Waals surface area contributed by atoms with Crippen LogP contribution in [0, 0.1) is 0 Å². The number of methoxy groups -OCH3 is 1. The van der Waals surface area contributed by atoms with Crippen molar-refractivity contribution in [1.29, 1.82) is 0 Å². The van der Waals surface area contributed by atoms with Crippen LogP contribution in [-0.4, -0.2) is 92.3 Å². The molecule has 232 valence electrons. The first-order valence-corrected chi connectivity index (χ1v) is 14.1. The van der Waals surface area contributed by atoms with E-state index in [1.807, 2.05) is 20.8 Å². The number of aromatic hydroxyl groups is 2. The number of rotatable bonds is 6. The number of nitrogens with one attached hydrogen (secondary N) is 1. The Bertz CT molecular complexity index is 1500. The third kappa shape index (κ3) is 5.22. The Morgan fingerprint density at radius 1 is 1.12 bits per heavy atom. The molecule has 6 N–H and O–H groups in total. The highest BCUT2D eigenvalue weighted by atomic mass is 16.7. The van der Waals surface area contributed by atoms with Gasteiger partial charge < -0.3 is 45.1 Å². The number of phenolic OH excluding ortho intramolecular Hbond substituents is 2. The summed E-state index contributed by atoms with van der Waals surface area (Å²) in [5.74, 6) is -3.70. The Kier molecular flexibility index (Phi) is 7.91. The van der Waals surface area contributed by atoms with E-state index in [4.69, 9.17) is 14.2 Å². The van der Waals surface area contributed by atoms with E-state index in [0.717, 1.165) is 0 Å². The summed E-state index contributed by atoms with van der Waals surface area (Å²) in [5.41, 5.74) is -3.91. The van der Waals surface area contributed by atoms with Gasteiger partial charge >= 0.3 is 0 Å². The third-order valence-corrected chi connectivity index (χ3v) is 8.38. The van der Waals surface area contributed by atoms with E-state index in [-0.39, 0.29) is 40.0 Å². The Balaban J connectivity index is 1.64. The van der Waals surface area contributed by atoms with Crippen molar-refractivity contribution >= 4 is 17.3 Å². The van der Waals surface area contributed by atoms with E-state index >= 15 is 0 Å². The molecule has 1 aliphatic heterocycles. The van der Waals surface area contributed by atoms with Crippen LogP contribution in [0.1, 0.15) is 89.6 Å². The lowest BCUT2D eigenvalue weighted by Gasteiger charge is -2.44. The van der Waals surface area contributed by atoms with Crippen LogP contribution >= 0.6 is 0 Å². The van der Waals surface area contributed by atoms with Gasteiger partial charge in [0, 0.05) is 47.5 Å². The molecule has 0 saturated carbocycles. The Morgan fingerprint density at radius 2 is 1.79 bits per heavy atom. The summed E-state index contributed by atoms with van der Waals surface area (Å²) in [7, 11) is 1.33. The summed E-state index contributed by atoms with van der Waals surface area (Å²) < 4.78 is 17.5. The average molecular weight is 600 g/mol. The van der Waals surface area contributed by atoms with Crippen molar-refractivity contribution in [3.63, 3.8) is 0 Å². The monoisotopic (exact) mass is 599 g/mol. The molecule has 1 heterocycles. The molecular weight excluding hydrogens is 562 g/mol. The van der Waals surface area contributed by atoms with E-state index in [9.17, 15) is 39.9 Å². The van der Waals surface area contributed by atoms with Gasteiger partial charge in [-0.1, -0.05) is 12.1 Å². The summed E-state index contributed by atoms with van der Waals surface area (Å²) in [5, 5.41) is 58.2. The van der Waals surface area contributed by atoms with Gasteiger partial charge in [0.25, 0.3) is 0 Å². The second-order valence-corrected chi connectivity index (χ2v) is 12.5. The van der Waals surface area contributed by atoms with Gasteiger partial charge in [-0.2, -0.15) is 0 Å². The van der Waals surface area contributed by atoms with Crippen molar-refractivity contribution in [3.8, 4) is 17.2 Å². The summed E-state index contributed by atoms with van der Waals surface area (Å²) in [6.45, 7) is 6.45. The minimum atomic E-state index is -2.24. The molecule has 5 rings (SSSR count). The van der Waals surface area contributed by atoms with Crippen molar-refractivity contribution in [1.82, 2.24) is 5.32 Å². The molecule has 0 amide bonds. The number of aliphatic hydroxyl groups is 3. The first kappa shape index (κ1) is 31.0. The van der Waals surface area contributed by atoms with Gasteiger partial charge in [-0.05, 0) is 33.8 Å². The molecule has 2 aromatic carbocycles. The van der Waals surface area contributed by atoms with Crippen LogP contribution in [0.3, 0.4) is 0 Å². The van der Waals surface area contributed by atoms with E-state index in [2.05, 4.69) is 5.32 Å². The van der Waals surface area contributed by atoms with Gasteiger partial charge in [-0.15, -0.1) is 0 Å². The molecule has 0 spiro atoms. The van der Waals surface area contributed by atoms with Crippen molar-refractivity contribution < 1.29 is 54.1 Å². The number of carbonyl (C=O) groups excluding carboxylic acids is 3. The molecular formula is C31H37NO11. The topological polar surface area (TPSA) is 192 Å². The van der Waals surface area contributed by atoms with Crippen LogP contribution in [0.5, 0.6) is 17.2 Å². The first-order valence-electron chi connectivity index (χ1n) is 14.1. The predicted molar refractivity (Wildman–Crippen MR) is 150 cm³/mol. The predicted octanol–water partition coefficient (Wildman–Crippen LogP) is 1.43. The molecule has 6 atom stereocenters. The fourth-order valence-electron chi connectivity index (χ4n) is 6.41. The minimum absolute atomic E-state index is 0.0441. The number of phenols is 2. The van der Waals surface area contributed by atoms with Crippen molar-refractivity contribution in [2.24, 2.45) is 0 Å². The Morgan fingerprint density at radius 3 is 2.42 bits per heavy atom. The lowest BCUT2D eigenvalue weighted by atomic mass is 9.72. The van der Waals surface area contributed by atoms with E-state index < -0.39 is 95.7 Å². The Hall–Kier alpha value is -3.39. The minimum Gasteiger partial charge on any atom is -0.507 e. The first-order chi connectivity index (χ1) is 20.1. The number of fused-ring (bicyclic) bond motifs is 3. The van der Waals surface area contributed by atoms with E-state index in [1.165, 1.54) is 25.3 Å². The average Bonchev–Trinajstić information content (AvgIpc) is 2.94. The van der Waals surface area contributed by atoms with Crippen LogP contribution in [0.4, 0.5) is 0 Å². The molecule has 12 nitrogen and oxygen atoms in total. The largest absolute Gasteiger partial charge is 0.507 e. The second kappa shape index (κ2) is 11.0. The standard InChI is InChI=1S/C31H37NO11/c1-13-25(35)16(32-30(2,3)4)9-20(42-13)43-18-11-31(40,19(34)12-33)10-15-22(18)29(39)24-23(27(15)37)26(36)14-7-6-8-17(41-5)21(14)28(24)38/h6-8,13,16,18,20,25,32-33,35,37,39-40H,9-12H2,1-5H3/t13-,16-,18-,20-,25+,31-/m0/s1. The number of ether oxygens (including phenoxy) is 3. The van der Waals surface area contributed by atoms with E-state index in [0.29, 0.717) is 0 Å². The highest BCUT2D eigenvalue weighted by Gasteiger charge is 2.50. The highest BCUT2D eigenvalue weighted by Crippen LogP contribution is 2.52. The lowest BCUT2D eigenvalue weighted by molar-refractivity contribution is -0.250. The molecule has 1 fully saturated rings. The van der Waals surface area contributed by atoms with Gasteiger partial charge in [-0.3, -0.25) is 14.4 Å². The molecule has 12 heteroatoms. The summed E-state index contributed by atoms with van der Waals surface area (Å²) >= 11 is 0. The van der Waals surface area contributed by atoms with Crippen molar-refractivity contribution in [2.75, 3.05) is 13.7 Å². The number of Topliss-reactive ketones (excluding diaryl/α,β-unsaturated/α-hetero) is 1. The number of hydrogen-bond acceptors (Lipinski definition) is 12. The fourth-order valence-corrected chi connectivity index (χ4v) is 6.41. The quantitative estimate of drug-likeness (QED) is 0.224. The van der Waals surface area contributed by atoms with Gasteiger partial charge in [-0.25, -0.2) is 0 Å². The van der Waals surface area contributed by atoms with Crippen molar-refractivity contribution in [3.05, 3.63) is 51.6 Å². The zero-order chi connectivity index (χ0) is 31.6. The molecule has 3 aliphatic rings. The normalized spacial score (nSPS) is 28.6.